The van der Waals surface area contributed by atoms with E-state index >= 15 is 0 Å². The molecule has 2 aromatic rings. The Labute approximate surface area is 146 Å². The first-order valence-electron chi connectivity index (χ1n) is 6.38. The molecule has 1 aromatic heterocycles. The Morgan fingerprint density at radius 3 is 2.43 bits per heavy atom. The summed E-state index contributed by atoms with van der Waals surface area (Å²) in [5.74, 6) is -0.684. The van der Waals surface area contributed by atoms with Crippen molar-refractivity contribution in [1.82, 2.24) is 4.98 Å². The molecule has 1 atom stereocenters. The van der Waals surface area contributed by atoms with Gasteiger partial charge in [-0.3, -0.25) is 4.79 Å². The van der Waals surface area contributed by atoms with Crippen LogP contribution in [0.4, 0.5) is 13.2 Å². The van der Waals surface area contributed by atoms with E-state index < -0.39 is 22.5 Å². The fraction of sp³-hybridized carbons (Fsp3) is 0.286. The minimum Gasteiger partial charge on any atom is -0.481 e. The van der Waals surface area contributed by atoms with Crippen LogP contribution < -0.4 is 0 Å². The normalized spacial score (nSPS) is 13.1. The molecule has 1 N–H and O–H groups in total. The van der Waals surface area contributed by atoms with Crippen LogP contribution in [0.2, 0.25) is 0 Å². The van der Waals surface area contributed by atoms with Gasteiger partial charge in [0.2, 0.25) is 5.89 Å². The number of hydrogen-bond acceptors (Lipinski definition) is 3. The molecule has 0 bridgehead atoms. The lowest BCUT2D eigenvalue weighted by atomic mass is 10.1. The number of alkyl halides is 4. The van der Waals surface area contributed by atoms with Gasteiger partial charge in [0.05, 0.1) is 10.4 Å². The largest absolute Gasteiger partial charge is 0.481 e. The van der Waals surface area contributed by atoms with Crippen LogP contribution in [0.1, 0.15) is 29.1 Å². The van der Waals surface area contributed by atoms with Crippen LogP contribution in [0.3, 0.4) is 0 Å². The van der Waals surface area contributed by atoms with Gasteiger partial charge in [-0.1, -0.05) is 28.1 Å². The highest BCUT2D eigenvalue weighted by Gasteiger charge is 2.30. The fourth-order valence-electron chi connectivity index (χ4n) is 1.82. The van der Waals surface area contributed by atoms with Gasteiger partial charge in [-0.05, 0) is 34.5 Å². The molecular weight excluding hydrogens is 447 g/mol. The fourth-order valence-corrected chi connectivity index (χ4v) is 2.73. The lowest BCUT2D eigenvalue weighted by molar-refractivity contribution is -0.138. The number of rotatable bonds is 5. The summed E-state index contributed by atoms with van der Waals surface area (Å²) in [4.78, 5) is 14.4. The number of carboxylic acids is 1. The zero-order chi connectivity index (χ0) is 17.2. The smallest absolute Gasteiger partial charge is 0.416 e. The van der Waals surface area contributed by atoms with Crippen molar-refractivity contribution in [3.05, 3.63) is 40.4 Å². The molecule has 9 heteroatoms. The van der Waals surface area contributed by atoms with Crippen molar-refractivity contribution in [3.63, 3.8) is 0 Å². The summed E-state index contributed by atoms with van der Waals surface area (Å²) in [5, 5.41) is 8.67. The lowest BCUT2D eigenvalue weighted by Crippen LogP contribution is -2.04. The van der Waals surface area contributed by atoms with E-state index in [2.05, 4.69) is 36.8 Å². The molecule has 1 heterocycles. The number of halogens is 5. The van der Waals surface area contributed by atoms with Gasteiger partial charge in [0.25, 0.3) is 0 Å². The molecule has 124 valence electrons. The molecule has 0 fully saturated rings. The molecule has 1 unspecified atom stereocenters. The van der Waals surface area contributed by atoms with Gasteiger partial charge < -0.3 is 9.52 Å². The third-order valence-electron chi connectivity index (χ3n) is 2.97. The minimum atomic E-state index is -4.40. The Hall–Kier alpha value is -1.35. The number of benzene rings is 1. The van der Waals surface area contributed by atoms with Gasteiger partial charge in [0.15, 0.2) is 4.67 Å². The Bertz CT molecular complexity index is 698. The third kappa shape index (κ3) is 4.57. The summed E-state index contributed by atoms with van der Waals surface area (Å²) < 4.78 is 43.4. The second-order valence-electron chi connectivity index (χ2n) is 4.65. The van der Waals surface area contributed by atoms with Gasteiger partial charge in [-0.15, -0.1) is 0 Å². The van der Waals surface area contributed by atoms with E-state index in [1.807, 2.05) is 0 Å². The average molecular weight is 457 g/mol. The highest BCUT2D eigenvalue weighted by atomic mass is 79.9. The molecule has 0 spiro atoms. The van der Waals surface area contributed by atoms with Crippen molar-refractivity contribution < 1.29 is 27.5 Å². The molecular formula is C14H10Br2F3NO3. The molecule has 4 nitrogen and oxygen atoms in total. The first-order chi connectivity index (χ1) is 10.7. The Balaban J connectivity index is 2.22. The lowest BCUT2D eigenvalue weighted by Gasteiger charge is -2.06. The third-order valence-corrected chi connectivity index (χ3v) is 4.35. The summed E-state index contributed by atoms with van der Waals surface area (Å²) in [6, 6.07) is 4.53. The van der Waals surface area contributed by atoms with E-state index in [4.69, 9.17) is 9.52 Å². The molecule has 0 saturated carbocycles. The minimum absolute atomic E-state index is 0.0640. The second kappa shape index (κ2) is 7.04. The van der Waals surface area contributed by atoms with Crippen LogP contribution in [-0.4, -0.2) is 16.1 Å². The second-order valence-corrected chi connectivity index (χ2v) is 6.48. The maximum Gasteiger partial charge on any atom is 0.416 e. The van der Waals surface area contributed by atoms with E-state index in [1.165, 1.54) is 12.1 Å². The zero-order valence-corrected chi connectivity index (χ0v) is 14.6. The van der Waals surface area contributed by atoms with E-state index in [-0.39, 0.29) is 23.4 Å². The molecule has 0 aliphatic rings. The van der Waals surface area contributed by atoms with Crippen LogP contribution in [0.15, 0.2) is 33.4 Å². The van der Waals surface area contributed by atoms with Gasteiger partial charge in [-0.25, -0.2) is 4.98 Å². The van der Waals surface area contributed by atoms with Gasteiger partial charge in [-0.2, -0.15) is 13.2 Å². The number of carboxylic acid groups (broad SMARTS) is 1. The number of carbonyl (C=O) groups is 1. The first kappa shape index (κ1) is 18.0. The van der Waals surface area contributed by atoms with Crippen molar-refractivity contribution >= 4 is 37.8 Å². The molecule has 0 amide bonds. The molecule has 1 aromatic carbocycles. The van der Waals surface area contributed by atoms with E-state index in [1.54, 1.807) is 0 Å². The highest BCUT2D eigenvalue weighted by molar-refractivity contribution is 9.10. The van der Waals surface area contributed by atoms with Gasteiger partial charge >= 0.3 is 12.1 Å². The molecule has 2 rings (SSSR count). The molecule has 0 radical (unpaired) electrons. The summed E-state index contributed by atoms with van der Waals surface area (Å²) in [7, 11) is 0. The predicted molar refractivity (Wildman–Crippen MR) is 83.2 cm³/mol. The van der Waals surface area contributed by atoms with E-state index in [0.29, 0.717) is 11.3 Å². The highest BCUT2D eigenvalue weighted by Crippen LogP contribution is 2.36. The molecule has 0 aliphatic heterocycles. The van der Waals surface area contributed by atoms with Gasteiger partial charge in [0, 0.05) is 12.0 Å². The van der Waals surface area contributed by atoms with E-state index in [0.717, 1.165) is 12.1 Å². The molecule has 0 saturated heterocycles. The number of oxazole rings is 1. The number of aromatic nitrogens is 1. The van der Waals surface area contributed by atoms with Crippen molar-refractivity contribution in [3.8, 4) is 11.3 Å². The Morgan fingerprint density at radius 1 is 1.30 bits per heavy atom. The van der Waals surface area contributed by atoms with Crippen LogP contribution in [0, 0.1) is 0 Å². The topological polar surface area (TPSA) is 63.3 Å². The first-order valence-corrected chi connectivity index (χ1v) is 8.09. The van der Waals surface area contributed by atoms with Crippen LogP contribution in [-0.2, 0) is 11.0 Å². The standard InChI is InChI=1S/C14H10Br2F3NO3/c15-9(5-6-10(21)22)13-20-11(12(16)23-13)7-1-3-8(4-2-7)14(17,18)19/h1-4,9H,5-6H2,(H,21,22). The SMILES string of the molecule is O=C(O)CCC(Br)c1nc(-c2ccc(C(F)(F)F)cc2)c(Br)o1. The number of aliphatic carboxylic acids is 1. The van der Waals surface area contributed by atoms with Gasteiger partial charge in [0.1, 0.15) is 5.69 Å². The Kier molecular flexibility index (Phi) is 5.51. The van der Waals surface area contributed by atoms with Crippen LogP contribution in [0.25, 0.3) is 11.3 Å². The molecule has 23 heavy (non-hydrogen) atoms. The Morgan fingerprint density at radius 2 is 1.91 bits per heavy atom. The average Bonchev–Trinajstić information content (AvgIpc) is 2.86. The summed E-state index contributed by atoms with van der Waals surface area (Å²) in [6.45, 7) is 0. The van der Waals surface area contributed by atoms with Crippen molar-refractivity contribution in [2.75, 3.05) is 0 Å². The van der Waals surface area contributed by atoms with E-state index in [9.17, 15) is 18.0 Å². The number of nitrogens with zero attached hydrogens (tertiary/aromatic N) is 1. The summed E-state index contributed by atoms with van der Waals surface area (Å²) >= 11 is 6.45. The van der Waals surface area contributed by atoms with Crippen molar-refractivity contribution in [2.45, 2.75) is 23.8 Å². The monoisotopic (exact) mass is 455 g/mol. The van der Waals surface area contributed by atoms with Crippen molar-refractivity contribution in [2.24, 2.45) is 0 Å². The van der Waals surface area contributed by atoms with Crippen LogP contribution in [0.5, 0.6) is 0 Å². The van der Waals surface area contributed by atoms with Crippen LogP contribution >= 0.6 is 31.9 Å². The number of hydrogen-bond donors (Lipinski definition) is 1. The maximum atomic E-state index is 12.6. The maximum absolute atomic E-state index is 12.6. The predicted octanol–water partition coefficient (Wildman–Crippen LogP) is 5.42. The van der Waals surface area contributed by atoms with Crippen molar-refractivity contribution in [1.29, 1.82) is 0 Å². The summed E-state index contributed by atoms with van der Waals surface area (Å²) in [5.41, 5.74) is 0.0622. The zero-order valence-electron chi connectivity index (χ0n) is 11.4. The molecule has 0 aliphatic carbocycles. The quantitative estimate of drug-likeness (QED) is 0.610. The summed E-state index contributed by atoms with van der Waals surface area (Å²) in [6.07, 6.45) is -4.19.